The van der Waals surface area contributed by atoms with Gasteiger partial charge in [-0.2, -0.15) is 0 Å². The maximum Gasteiger partial charge on any atom is 0.255 e. The number of halogens is 1. The van der Waals surface area contributed by atoms with Gasteiger partial charge in [-0.25, -0.2) is 0 Å². The van der Waals surface area contributed by atoms with Gasteiger partial charge in [0.25, 0.3) is 5.91 Å². The van der Waals surface area contributed by atoms with E-state index in [0.29, 0.717) is 38.7 Å². The first kappa shape index (κ1) is 24.3. The molecule has 3 aromatic carbocycles. The van der Waals surface area contributed by atoms with Crippen LogP contribution in [0, 0.1) is 0 Å². The van der Waals surface area contributed by atoms with Crippen LogP contribution in [0.25, 0.3) is 11.4 Å². The van der Waals surface area contributed by atoms with E-state index in [2.05, 4.69) is 20.8 Å². The smallest absolute Gasteiger partial charge is 0.255 e. The number of amides is 2. The number of benzene rings is 3. The molecule has 0 unspecified atom stereocenters. The number of aromatic nitrogens is 3. The summed E-state index contributed by atoms with van der Waals surface area (Å²) >= 11 is 7.23. The summed E-state index contributed by atoms with van der Waals surface area (Å²) < 4.78 is 7.09. The maximum absolute atomic E-state index is 12.5. The molecule has 8 nitrogen and oxygen atoms in total. The Morgan fingerprint density at radius 3 is 2.40 bits per heavy atom. The van der Waals surface area contributed by atoms with Crippen molar-refractivity contribution in [2.24, 2.45) is 7.05 Å². The molecule has 4 aromatic rings. The molecule has 35 heavy (non-hydrogen) atoms. The second kappa shape index (κ2) is 11.1. The number of carbonyl (C=O) groups is 2. The third kappa shape index (κ3) is 6.00. The Morgan fingerprint density at radius 1 is 0.971 bits per heavy atom. The van der Waals surface area contributed by atoms with Gasteiger partial charge >= 0.3 is 0 Å². The molecule has 0 saturated heterocycles. The number of thioether (sulfide) groups is 1. The second-order valence-electron chi connectivity index (χ2n) is 7.44. The highest BCUT2D eigenvalue weighted by Crippen LogP contribution is 2.25. The van der Waals surface area contributed by atoms with Crippen molar-refractivity contribution in [3.05, 3.63) is 83.4 Å². The predicted molar refractivity (Wildman–Crippen MR) is 138 cm³/mol. The zero-order chi connectivity index (χ0) is 24.8. The molecule has 0 radical (unpaired) electrons. The zero-order valence-electron chi connectivity index (χ0n) is 19.0. The largest absolute Gasteiger partial charge is 0.495 e. The Labute approximate surface area is 211 Å². The van der Waals surface area contributed by atoms with E-state index >= 15 is 0 Å². The highest BCUT2D eigenvalue weighted by molar-refractivity contribution is 7.99. The van der Waals surface area contributed by atoms with E-state index in [-0.39, 0.29) is 17.6 Å². The molecular formula is C25H22ClN5O3S. The Kier molecular flexibility index (Phi) is 7.69. The molecule has 0 aliphatic rings. The molecule has 2 N–H and O–H groups in total. The monoisotopic (exact) mass is 507 g/mol. The van der Waals surface area contributed by atoms with E-state index in [0.717, 1.165) is 5.56 Å². The molecule has 178 valence electrons. The molecular weight excluding hydrogens is 486 g/mol. The summed E-state index contributed by atoms with van der Waals surface area (Å²) in [6.45, 7) is 0. The standard InChI is InChI=1S/C25H22ClN5O3S/c1-31-23(16-7-11-18(26)12-8-16)29-30-25(31)35-15-22(32)27-19-13-9-17(10-14-19)24(33)28-20-5-3-4-6-21(20)34-2/h3-14H,15H2,1-2H3,(H,27,32)(H,28,33). The van der Waals surface area contributed by atoms with Gasteiger partial charge in [-0.05, 0) is 60.7 Å². The summed E-state index contributed by atoms with van der Waals surface area (Å²) in [5.74, 6) is 0.943. The van der Waals surface area contributed by atoms with Crippen LogP contribution in [0.4, 0.5) is 11.4 Å². The number of ether oxygens (including phenoxy) is 1. The molecule has 0 aliphatic carbocycles. The normalized spacial score (nSPS) is 10.6. The first-order valence-electron chi connectivity index (χ1n) is 10.6. The lowest BCUT2D eigenvalue weighted by molar-refractivity contribution is -0.113. The summed E-state index contributed by atoms with van der Waals surface area (Å²) in [4.78, 5) is 25.0. The minimum absolute atomic E-state index is 0.155. The van der Waals surface area contributed by atoms with Crippen LogP contribution in [-0.4, -0.2) is 39.4 Å². The van der Waals surface area contributed by atoms with E-state index < -0.39 is 0 Å². The van der Waals surface area contributed by atoms with E-state index in [1.54, 1.807) is 55.6 Å². The number of anilines is 2. The van der Waals surface area contributed by atoms with Crippen LogP contribution < -0.4 is 15.4 Å². The van der Waals surface area contributed by atoms with Crippen molar-refractivity contribution in [2.75, 3.05) is 23.5 Å². The van der Waals surface area contributed by atoms with E-state index in [1.165, 1.54) is 11.8 Å². The summed E-state index contributed by atoms with van der Waals surface area (Å²) in [5.41, 5.74) is 2.51. The van der Waals surface area contributed by atoms with Crippen LogP contribution in [0.1, 0.15) is 10.4 Å². The van der Waals surface area contributed by atoms with Gasteiger partial charge in [-0.1, -0.05) is 35.5 Å². The number of hydrogen-bond donors (Lipinski definition) is 2. The first-order valence-corrected chi connectivity index (χ1v) is 11.9. The molecule has 10 heteroatoms. The van der Waals surface area contributed by atoms with Gasteiger partial charge in [-0.15, -0.1) is 10.2 Å². The highest BCUT2D eigenvalue weighted by Gasteiger charge is 2.14. The van der Waals surface area contributed by atoms with Crippen molar-refractivity contribution in [3.8, 4) is 17.1 Å². The quantitative estimate of drug-likeness (QED) is 0.321. The van der Waals surface area contributed by atoms with E-state index in [9.17, 15) is 9.59 Å². The van der Waals surface area contributed by atoms with Crippen molar-refractivity contribution in [3.63, 3.8) is 0 Å². The van der Waals surface area contributed by atoms with Gasteiger partial charge in [-0.3, -0.25) is 9.59 Å². The number of methoxy groups -OCH3 is 1. The predicted octanol–water partition coefficient (Wildman–Crippen LogP) is 5.13. The lowest BCUT2D eigenvalue weighted by atomic mass is 10.2. The fraction of sp³-hybridized carbons (Fsp3) is 0.120. The Morgan fingerprint density at radius 2 is 1.69 bits per heavy atom. The lowest BCUT2D eigenvalue weighted by Gasteiger charge is -2.10. The third-order valence-corrected chi connectivity index (χ3v) is 6.33. The fourth-order valence-electron chi connectivity index (χ4n) is 3.27. The highest BCUT2D eigenvalue weighted by atomic mass is 35.5. The number of rotatable bonds is 8. The molecule has 0 atom stereocenters. The van der Waals surface area contributed by atoms with Crippen LogP contribution in [0.15, 0.2) is 78.0 Å². The zero-order valence-corrected chi connectivity index (χ0v) is 20.6. The van der Waals surface area contributed by atoms with Crippen molar-refractivity contribution in [2.45, 2.75) is 5.16 Å². The number of para-hydroxylation sites is 2. The van der Waals surface area contributed by atoms with Gasteiger partial charge in [0.05, 0.1) is 18.6 Å². The second-order valence-corrected chi connectivity index (χ2v) is 8.82. The average Bonchev–Trinajstić information content (AvgIpc) is 3.24. The number of nitrogens with zero attached hydrogens (tertiary/aromatic N) is 3. The van der Waals surface area contributed by atoms with Crippen LogP contribution in [-0.2, 0) is 11.8 Å². The molecule has 0 bridgehead atoms. The molecule has 0 aliphatic heterocycles. The summed E-state index contributed by atoms with van der Waals surface area (Å²) in [6.07, 6.45) is 0. The molecule has 2 amide bonds. The number of nitrogens with one attached hydrogen (secondary N) is 2. The SMILES string of the molecule is COc1ccccc1NC(=O)c1ccc(NC(=O)CSc2nnc(-c3ccc(Cl)cc3)n2C)cc1. The first-order chi connectivity index (χ1) is 16.9. The minimum atomic E-state index is -0.276. The van der Waals surface area contributed by atoms with Crippen molar-refractivity contribution in [1.82, 2.24) is 14.8 Å². The van der Waals surface area contributed by atoms with Gasteiger partial charge < -0.3 is 19.9 Å². The summed E-state index contributed by atoms with van der Waals surface area (Å²) in [7, 11) is 3.39. The molecule has 0 fully saturated rings. The van der Waals surface area contributed by atoms with Crippen molar-refractivity contribution >= 4 is 46.6 Å². The molecule has 1 heterocycles. The fourth-order valence-corrected chi connectivity index (χ4v) is 4.10. The summed E-state index contributed by atoms with van der Waals surface area (Å²) in [6, 6.07) is 21.1. The topological polar surface area (TPSA) is 98.1 Å². The lowest BCUT2D eigenvalue weighted by Crippen LogP contribution is -2.15. The van der Waals surface area contributed by atoms with Gasteiger partial charge in [0, 0.05) is 28.9 Å². The van der Waals surface area contributed by atoms with Gasteiger partial charge in [0.2, 0.25) is 5.91 Å². The Balaban J connectivity index is 1.32. The Hall–Kier alpha value is -3.82. The molecule has 1 aromatic heterocycles. The van der Waals surface area contributed by atoms with Crippen molar-refractivity contribution < 1.29 is 14.3 Å². The van der Waals surface area contributed by atoms with Crippen LogP contribution in [0.5, 0.6) is 5.75 Å². The van der Waals surface area contributed by atoms with Crippen LogP contribution in [0.3, 0.4) is 0 Å². The maximum atomic E-state index is 12.5. The number of hydrogen-bond acceptors (Lipinski definition) is 6. The molecule has 0 saturated carbocycles. The minimum Gasteiger partial charge on any atom is -0.495 e. The van der Waals surface area contributed by atoms with Crippen LogP contribution >= 0.6 is 23.4 Å². The van der Waals surface area contributed by atoms with Gasteiger partial charge in [0.1, 0.15) is 5.75 Å². The third-order valence-electron chi connectivity index (χ3n) is 5.06. The van der Waals surface area contributed by atoms with Gasteiger partial charge in [0.15, 0.2) is 11.0 Å². The molecule has 4 rings (SSSR count). The van der Waals surface area contributed by atoms with E-state index in [1.807, 2.05) is 35.9 Å². The van der Waals surface area contributed by atoms with Crippen LogP contribution in [0.2, 0.25) is 5.02 Å². The Bertz CT molecular complexity index is 1340. The van der Waals surface area contributed by atoms with Crippen molar-refractivity contribution in [1.29, 1.82) is 0 Å². The van der Waals surface area contributed by atoms with E-state index in [4.69, 9.17) is 16.3 Å². The summed E-state index contributed by atoms with van der Waals surface area (Å²) in [5, 5.41) is 15.3. The average molecular weight is 508 g/mol. The molecule has 0 spiro atoms. The number of carbonyl (C=O) groups excluding carboxylic acids is 2.